The van der Waals surface area contributed by atoms with Gasteiger partial charge < -0.3 is 10.3 Å². The van der Waals surface area contributed by atoms with Crippen LogP contribution in [-0.2, 0) is 10.0 Å². The predicted octanol–water partition coefficient (Wildman–Crippen LogP) is 5.49. The van der Waals surface area contributed by atoms with Gasteiger partial charge in [-0.2, -0.15) is 0 Å². The molecule has 0 aliphatic carbocycles. The molecule has 0 saturated heterocycles. The first-order chi connectivity index (χ1) is 14.7. The molecule has 0 radical (unpaired) electrons. The molecule has 0 aliphatic heterocycles. The number of carbonyl (C=O) groups excluding carboxylic acids is 1. The highest BCUT2D eigenvalue weighted by atomic mass is 35.5. The van der Waals surface area contributed by atoms with Crippen LogP contribution in [0.5, 0.6) is 0 Å². The number of aromatic amines is 1. The molecule has 0 aliphatic rings. The van der Waals surface area contributed by atoms with Crippen molar-refractivity contribution < 1.29 is 13.2 Å². The van der Waals surface area contributed by atoms with E-state index in [0.717, 1.165) is 22.2 Å². The lowest BCUT2D eigenvalue weighted by molar-refractivity contribution is 0.102. The summed E-state index contributed by atoms with van der Waals surface area (Å²) in [5.41, 5.74) is 4.24. The summed E-state index contributed by atoms with van der Waals surface area (Å²) in [6.07, 6.45) is 0. The number of rotatable bonds is 5. The highest BCUT2D eigenvalue weighted by molar-refractivity contribution is 7.92. The number of fused-ring (bicyclic) bond motifs is 1. The van der Waals surface area contributed by atoms with E-state index in [9.17, 15) is 13.2 Å². The molecule has 3 aromatic carbocycles. The Morgan fingerprint density at radius 2 is 1.74 bits per heavy atom. The molecule has 4 rings (SSSR count). The third-order valence-electron chi connectivity index (χ3n) is 5.09. The second-order valence-electron chi connectivity index (χ2n) is 7.20. The van der Waals surface area contributed by atoms with Gasteiger partial charge in [0.2, 0.25) is 0 Å². The van der Waals surface area contributed by atoms with Crippen LogP contribution in [0, 0.1) is 13.8 Å². The molecule has 1 amide bonds. The molecule has 0 fully saturated rings. The van der Waals surface area contributed by atoms with Crippen molar-refractivity contribution in [1.29, 1.82) is 0 Å². The smallest absolute Gasteiger partial charge is 0.262 e. The number of aryl methyl sites for hydroxylation is 2. The number of hydrogen-bond acceptors (Lipinski definition) is 3. The van der Waals surface area contributed by atoms with Gasteiger partial charge in [-0.3, -0.25) is 9.52 Å². The average molecular weight is 454 g/mol. The molecule has 6 nitrogen and oxygen atoms in total. The van der Waals surface area contributed by atoms with Crippen molar-refractivity contribution in [3.05, 3.63) is 88.6 Å². The van der Waals surface area contributed by atoms with Gasteiger partial charge in [0.05, 0.1) is 15.6 Å². The summed E-state index contributed by atoms with van der Waals surface area (Å²) in [5.74, 6) is -0.325. The van der Waals surface area contributed by atoms with Crippen molar-refractivity contribution >= 4 is 49.8 Å². The van der Waals surface area contributed by atoms with Crippen molar-refractivity contribution in [3.8, 4) is 0 Å². The first kappa shape index (κ1) is 21.0. The quantitative estimate of drug-likeness (QED) is 0.373. The first-order valence-electron chi connectivity index (χ1n) is 9.52. The van der Waals surface area contributed by atoms with Crippen LogP contribution in [-0.4, -0.2) is 19.3 Å². The number of anilines is 2. The number of H-pyrrole nitrogens is 1. The number of carbonyl (C=O) groups is 1. The fourth-order valence-electron chi connectivity index (χ4n) is 3.29. The Kier molecular flexibility index (Phi) is 5.47. The Bertz CT molecular complexity index is 1410. The van der Waals surface area contributed by atoms with Crippen molar-refractivity contribution in [2.24, 2.45) is 0 Å². The summed E-state index contributed by atoms with van der Waals surface area (Å²) >= 11 is 6.05. The lowest BCUT2D eigenvalue weighted by Crippen LogP contribution is -2.15. The van der Waals surface area contributed by atoms with E-state index in [2.05, 4.69) is 15.0 Å². The summed E-state index contributed by atoms with van der Waals surface area (Å²) in [6, 6.07) is 18.0. The molecular weight excluding hydrogens is 434 g/mol. The molecule has 158 valence electrons. The van der Waals surface area contributed by atoms with Gasteiger partial charge in [-0.1, -0.05) is 29.8 Å². The van der Waals surface area contributed by atoms with Crippen molar-refractivity contribution in [3.63, 3.8) is 0 Å². The zero-order valence-corrected chi connectivity index (χ0v) is 18.4. The van der Waals surface area contributed by atoms with Crippen LogP contribution in [0.25, 0.3) is 10.9 Å². The SMILES string of the molecule is Cc1[nH]c2ccc(C(=O)Nc3cccc(S(=O)(=O)Nc4ccccc4Cl)c3)cc2c1C. The number of amides is 1. The minimum absolute atomic E-state index is 0.0118. The highest BCUT2D eigenvalue weighted by Gasteiger charge is 2.17. The molecular formula is C23H20ClN3O3S. The van der Waals surface area contributed by atoms with Gasteiger partial charge in [-0.15, -0.1) is 0 Å². The molecule has 0 saturated carbocycles. The minimum Gasteiger partial charge on any atom is -0.358 e. The Morgan fingerprint density at radius 1 is 0.968 bits per heavy atom. The predicted molar refractivity (Wildman–Crippen MR) is 124 cm³/mol. The number of aromatic nitrogens is 1. The lowest BCUT2D eigenvalue weighted by atomic mass is 10.1. The van der Waals surface area contributed by atoms with E-state index in [1.54, 1.807) is 42.5 Å². The molecule has 0 spiro atoms. The van der Waals surface area contributed by atoms with Gasteiger partial charge in [-0.05, 0) is 67.9 Å². The molecule has 4 aromatic rings. The van der Waals surface area contributed by atoms with E-state index in [4.69, 9.17) is 11.6 Å². The van der Waals surface area contributed by atoms with Crippen molar-refractivity contribution in [2.75, 3.05) is 10.0 Å². The van der Waals surface area contributed by atoms with E-state index in [1.165, 1.54) is 12.1 Å². The summed E-state index contributed by atoms with van der Waals surface area (Å²) in [6.45, 7) is 3.98. The number of sulfonamides is 1. The largest absolute Gasteiger partial charge is 0.358 e. The maximum absolute atomic E-state index is 12.8. The maximum atomic E-state index is 12.8. The van der Waals surface area contributed by atoms with E-state index >= 15 is 0 Å². The second kappa shape index (κ2) is 8.09. The molecule has 31 heavy (non-hydrogen) atoms. The molecule has 0 unspecified atom stereocenters. The highest BCUT2D eigenvalue weighted by Crippen LogP contribution is 2.26. The van der Waals surface area contributed by atoms with Crippen LogP contribution in [0.2, 0.25) is 5.02 Å². The molecule has 0 atom stereocenters. The number of para-hydroxylation sites is 1. The van der Waals surface area contributed by atoms with Gasteiger partial charge in [0.1, 0.15) is 0 Å². The molecule has 8 heteroatoms. The fourth-order valence-corrected chi connectivity index (χ4v) is 4.66. The third kappa shape index (κ3) is 4.28. The van der Waals surface area contributed by atoms with Crippen molar-refractivity contribution in [2.45, 2.75) is 18.7 Å². The second-order valence-corrected chi connectivity index (χ2v) is 9.29. The Hall–Kier alpha value is -3.29. The van der Waals surface area contributed by atoms with Gasteiger partial charge >= 0.3 is 0 Å². The maximum Gasteiger partial charge on any atom is 0.262 e. The molecule has 0 bridgehead atoms. The number of hydrogen-bond donors (Lipinski definition) is 3. The standard InChI is InChI=1S/C23H20ClN3O3S/c1-14-15(2)25-21-11-10-16(12-19(14)21)23(28)26-17-6-5-7-18(13-17)31(29,30)27-22-9-4-3-8-20(22)24/h3-13,25,27H,1-2H3,(H,26,28). The van der Waals surface area contributed by atoms with E-state index in [1.807, 2.05) is 26.0 Å². The van der Waals surface area contributed by atoms with Gasteiger partial charge in [0, 0.05) is 27.8 Å². The number of benzene rings is 3. The minimum atomic E-state index is -3.88. The number of halogens is 1. The summed E-state index contributed by atoms with van der Waals surface area (Å²) in [5, 5.41) is 4.04. The van der Waals surface area contributed by atoms with E-state index < -0.39 is 10.0 Å². The van der Waals surface area contributed by atoms with Crippen LogP contribution in [0.4, 0.5) is 11.4 Å². The molecule has 3 N–H and O–H groups in total. The van der Waals surface area contributed by atoms with Crippen LogP contribution < -0.4 is 10.0 Å². The normalized spacial score (nSPS) is 11.5. The summed E-state index contributed by atoms with van der Waals surface area (Å²) < 4.78 is 28.0. The van der Waals surface area contributed by atoms with E-state index in [0.29, 0.717) is 16.3 Å². The van der Waals surface area contributed by atoms with Crippen LogP contribution >= 0.6 is 11.6 Å². The Balaban J connectivity index is 1.58. The molecule has 1 aromatic heterocycles. The van der Waals surface area contributed by atoms with Crippen LogP contribution in [0.15, 0.2) is 71.6 Å². The van der Waals surface area contributed by atoms with Gasteiger partial charge in [0.15, 0.2) is 0 Å². The number of nitrogens with one attached hydrogen (secondary N) is 3. The topological polar surface area (TPSA) is 91.1 Å². The van der Waals surface area contributed by atoms with E-state index in [-0.39, 0.29) is 16.5 Å². The Labute approximate surface area is 185 Å². The summed E-state index contributed by atoms with van der Waals surface area (Å²) in [7, 11) is -3.88. The van der Waals surface area contributed by atoms with Gasteiger partial charge in [0.25, 0.3) is 15.9 Å². The van der Waals surface area contributed by atoms with Crippen LogP contribution in [0.3, 0.4) is 0 Å². The van der Waals surface area contributed by atoms with Gasteiger partial charge in [-0.25, -0.2) is 8.42 Å². The van der Waals surface area contributed by atoms with Crippen LogP contribution in [0.1, 0.15) is 21.6 Å². The lowest BCUT2D eigenvalue weighted by Gasteiger charge is -2.11. The summed E-state index contributed by atoms with van der Waals surface area (Å²) in [4.78, 5) is 16.1. The first-order valence-corrected chi connectivity index (χ1v) is 11.4. The zero-order chi connectivity index (χ0) is 22.2. The Morgan fingerprint density at radius 3 is 2.52 bits per heavy atom. The van der Waals surface area contributed by atoms with Crippen molar-refractivity contribution in [1.82, 2.24) is 4.98 Å². The fraction of sp³-hybridized carbons (Fsp3) is 0.0870. The monoisotopic (exact) mass is 453 g/mol. The average Bonchev–Trinajstić information content (AvgIpc) is 3.03. The third-order valence-corrected chi connectivity index (χ3v) is 6.78. The zero-order valence-electron chi connectivity index (χ0n) is 16.9. The molecule has 1 heterocycles.